The number of hydrogen-bond acceptors (Lipinski definition) is 4. The van der Waals surface area contributed by atoms with Crippen molar-refractivity contribution in [1.82, 2.24) is 0 Å². The minimum absolute atomic E-state index is 0.241. The molecule has 27 heavy (non-hydrogen) atoms. The molecule has 1 unspecified atom stereocenters. The van der Waals surface area contributed by atoms with E-state index >= 15 is 0 Å². The van der Waals surface area contributed by atoms with Gasteiger partial charge in [0.1, 0.15) is 10.6 Å². The van der Waals surface area contributed by atoms with Crippen LogP contribution in [0, 0.1) is 6.92 Å². The Bertz CT molecular complexity index is 942. The van der Waals surface area contributed by atoms with Crippen LogP contribution in [0.4, 0.5) is 0 Å². The molecular weight excluding hydrogens is 356 g/mol. The smallest absolute Gasteiger partial charge is 0.348 e. The lowest BCUT2D eigenvalue weighted by Gasteiger charge is -2.16. The van der Waals surface area contributed by atoms with E-state index in [0.29, 0.717) is 23.2 Å². The standard InChI is InChI=1S/C23H26O3S/c1-4-17(8-6-16-7-11-20(24)15(3)12-16)18-9-10-19-14-22(23(25)26-5-2)27-21(19)13-18/h7,9-14,17,24H,4-6,8H2,1-3H3. The molecule has 0 fully saturated rings. The summed E-state index contributed by atoms with van der Waals surface area (Å²) in [5.74, 6) is 0.581. The van der Waals surface area contributed by atoms with Crippen LogP contribution in [-0.2, 0) is 11.2 Å². The van der Waals surface area contributed by atoms with Crippen LogP contribution >= 0.6 is 11.3 Å². The minimum atomic E-state index is -0.241. The summed E-state index contributed by atoms with van der Waals surface area (Å²) in [6.45, 7) is 6.37. The number of aryl methyl sites for hydroxylation is 2. The van der Waals surface area contributed by atoms with Crippen molar-refractivity contribution < 1.29 is 14.6 Å². The van der Waals surface area contributed by atoms with Gasteiger partial charge in [-0.1, -0.05) is 31.2 Å². The molecule has 1 aromatic heterocycles. The fourth-order valence-electron chi connectivity index (χ4n) is 3.42. The Labute approximate surface area is 164 Å². The monoisotopic (exact) mass is 382 g/mol. The van der Waals surface area contributed by atoms with Crippen molar-refractivity contribution in [3.63, 3.8) is 0 Å². The Hall–Kier alpha value is -2.33. The topological polar surface area (TPSA) is 46.5 Å². The summed E-state index contributed by atoms with van der Waals surface area (Å²) in [7, 11) is 0. The third kappa shape index (κ3) is 4.51. The summed E-state index contributed by atoms with van der Waals surface area (Å²) in [5.41, 5.74) is 3.50. The van der Waals surface area contributed by atoms with E-state index < -0.39 is 0 Å². The summed E-state index contributed by atoms with van der Waals surface area (Å²) in [5, 5.41) is 10.8. The van der Waals surface area contributed by atoms with E-state index in [1.807, 2.05) is 26.0 Å². The van der Waals surface area contributed by atoms with Gasteiger partial charge in [-0.2, -0.15) is 0 Å². The molecule has 0 saturated carbocycles. The number of fused-ring (bicyclic) bond motifs is 1. The number of carbonyl (C=O) groups is 1. The van der Waals surface area contributed by atoms with E-state index in [4.69, 9.17) is 4.74 Å². The zero-order valence-corrected chi connectivity index (χ0v) is 16.9. The van der Waals surface area contributed by atoms with Crippen LogP contribution in [-0.4, -0.2) is 17.7 Å². The third-order valence-corrected chi connectivity index (χ3v) is 6.11. The van der Waals surface area contributed by atoms with Crippen LogP contribution in [0.5, 0.6) is 5.75 Å². The van der Waals surface area contributed by atoms with Crippen molar-refractivity contribution in [2.45, 2.75) is 46.0 Å². The molecule has 142 valence electrons. The Morgan fingerprint density at radius 2 is 1.96 bits per heavy atom. The molecule has 0 saturated heterocycles. The Kier molecular flexibility index (Phi) is 6.17. The molecule has 0 aliphatic carbocycles. The molecule has 0 aliphatic rings. The number of phenols is 1. The first kappa shape index (κ1) is 19.4. The summed E-state index contributed by atoms with van der Waals surface area (Å²) in [6.07, 6.45) is 3.11. The highest BCUT2D eigenvalue weighted by molar-refractivity contribution is 7.20. The molecule has 3 rings (SSSR count). The van der Waals surface area contributed by atoms with Gasteiger partial charge in [0.05, 0.1) is 6.61 Å². The molecule has 4 heteroatoms. The summed E-state index contributed by atoms with van der Waals surface area (Å²) >= 11 is 1.50. The zero-order chi connectivity index (χ0) is 19.4. The van der Waals surface area contributed by atoms with E-state index in [0.717, 1.165) is 34.9 Å². The highest BCUT2D eigenvalue weighted by Crippen LogP contribution is 2.32. The maximum absolute atomic E-state index is 12.0. The fourth-order valence-corrected chi connectivity index (χ4v) is 4.43. The number of carbonyl (C=O) groups excluding carboxylic acids is 1. The SMILES string of the molecule is CCOC(=O)c1cc2ccc(C(CC)CCc3ccc(O)c(C)c3)cc2s1. The van der Waals surface area contributed by atoms with E-state index in [2.05, 4.69) is 31.2 Å². The first-order valence-electron chi connectivity index (χ1n) is 9.51. The van der Waals surface area contributed by atoms with Gasteiger partial charge in [0, 0.05) is 4.70 Å². The van der Waals surface area contributed by atoms with Gasteiger partial charge in [-0.15, -0.1) is 11.3 Å². The molecule has 3 aromatic rings. The number of thiophene rings is 1. The molecule has 0 bridgehead atoms. The second-order valence-electron chi connectivity index (χ2n) is 6.89. The molecule has 0 radical (unpaired) electrons. The predicted molar refractivity (Wildman–Crippen MR) is 112 cm³/mol. The van der Waals surface area contributed by atoms with Gasteiger partial charge in [0.15, 0.2) is 0 Å². The highest BCUT2D eigenvalue weighted by atomic mass is 32.1. The van der Waals surface area contributed by atoms with Gasteiger partial charge in [-0.3, -0.25) is 0 Å². The lowest BCUT2D eigenvalue weighted by Crippen LogP contribution is -2.01. The second-order valence-corrected chi connectivity index (χ2v) is 7.98. The van der Waals surface area contributed by atoms with Crippen LogP contribution < -0.4 is 0 Å². The lowest BCUT2D eigenvalue weighted by atomic mass is 9.90. The number of hydrogen-bond donors (Lipinski definition) is 1. The molecular formula is C23H26O3S. The van der Waals surface area contributed by atoms with Crippen molar-refractivity contribution in [2.75, 3.05) is 6.61 Å². The van der Waals surface area contributed by atoms with Crippen LogP contribution in [0.3, 0.4) is 0 Å². The molecule has 1 atom stereocenters. The van der Waals surface area contributed by atoms with Crippen molar-refractivity contribution in [3.05, 3.63) is 64.0 Å². The number of aromatic hydroxyl groups is 1. The van der Waals surface area contributed by atoms with E-state index in [1.165, 1.54) is 22.5 Å². The first-order chi connectivity index (χ1) is 13.0. The Morgan fingerprint density at radius 1 is 1.15 bits per heavy atom. The van der Waals surface area contributed by atoms with Crippen molar-refractivity contribution in [1.29, 1.82) is 0 Å². The summed E-state index contributed by atoms with van der Waals surface area (Å²) < 4.78 is 6.25. The summed E-state index contributed by atoms with van der Waals surface area (Å²) in [6, 6.07) is 14.3. The average Bonchev–Trinajstić information content (AvgIpc) is 3.09. The van der Waals surface area contributed by atoms with Crippen molar-refractivity contribution >= 4 is 27.4 Å². The molecule has 1 N–H and O–H groups in total. The van der Waals surface area contributed by atoms with Crippen LogP contribution in [0.25, 0.3) is 10.1 Å². The normalized spacial score (nSPS) is 12.3. The molecule has 0 amide bonds. The van der Waals surface area contributed by atoms with E-state index in [9.17, 15) is 9.90 Å². The molecule has 0 aliphatic heterocycles. The molecule has 3 nitrogen and oxygen atoms in total. The number of phenolic OH excluding ortho intramolecular Hbond substituents is 1. The van der Waals surface area contributed by atoms with Crippen molar-refractivity contribution in [2.24, 2.45) is 0 Å². The number of benzene rings is 2. The Morgan fingerprint density at radius 3 is 2.67 bits per heavy atom. The van der Waals surface area contributed by atoms with Gasteiger partial charge >= 0.3 is 5.97 Å². The predicted octanol–water partition coefficient (Wildman–Crippen LogP) is 6.22. The van der Waals surface area contributed by atoms with Crippen LogP contribution in [0.2, 0.25) is 0 Å². The minimum Gasteiger partial charge on any atom is -0.508 e. The lowest BCUT2D eigenvalue weighted by molar-refractivity contribution is 0.0532. The third-order valence-electron chi connectivity index (χ3n) is 5.03. The van der Waals surface area contributed by atoms with Gasteiger partial charge in [-0.25, -0.2) is 4.79 Å². The quantitative estimate of drug-likeness (QED) is 0.494. The maximum atomic E-state index is 12.0. The van der Waals surface area contributed by atoms with Gasteiger partial charge < -0.3 is 9.84 Å². The summed E-state index contributed by atoms with van der Waals surface area (Å²) in [4.78, 5) is 12.6. The molecule has 1 heterocycles. The number of esters is 1. The second kappa shape index (κ2) is 8.57. The number of rotatable bonds is 7. The highest BCUT2D eigenvalue weighted by Gasteiger charge is 2.14. The first-order valence-corrected chi connectivity index (χ1v) is 10.3. The zero-order valence-electron chi connectivity index (χ0n) is 16.1. The van der Waals surface area contributed by atoms with Crippen LogP contribution in [0.1, 0.15) is 59.0 Å². The Balaban J connectivity index is 1.76. The maximum Gasteiger partial charge on any atom is 0.348 e. The molecule has 2 aromatic carbocycles. The fraction of sp³-hybridized carbons (Fsp3) is 0.348. The number of ether oxygens (including phenoxy) is 1. The van der Waals surface area contributed by atoms with Crippen LogP contribution in [0.15, 0.2) is 42.5 Å². The van der Waals surface area contributed by atoms with Gasteiger partial charge in [-0.05, 0) is 79.3 Å². The van der Waals surface area contributed by atoms with Gasteiger partial charge in [0.2, 0.25) is 0 Å². The largest absolute Gasteiger partial charge is 0.508 e. The van der Waals surface area contributed by atoms with Gasteiger partial charge in [0.25, 0.3) is 0 Å². The van der Waals surface area contributed by atoms with Crippen molar-refractivity contribution in [3.8, 4) is 5.75 Å². The van der Waals surface area contributed by atoms with E-state index in [-0.39, 0.29) is 5.97 Å². The average molecular weight is 383 g/mol. The van der Waals surface area contributed by atoms with E-state index in [1.54, 1.807) is 6.07 Å². The molecule has 0 spiro atoms.